The van der Waals surface area contributed by atoms with E-state index in [0.29, 0.717) is 11.4 Å². The molecule has 0 radical (unpaired) electrons. The van der Waals surface area contributed by atoms with Gasteiger partial charge in [-0.3, -0.25) is 9.36 Å². The van der Waals surface area contributed by atoms with Crippen molar-refractivity contribution >= 4 is 22.8 Å². The highest BCUT2D eigenvalue weighted by Gasteiger charge is 2.14. The number of amides is 1. The molecule has 0 unspecified atom stereocenters. The van der Waals surface area contributed by atoms with Gasteiger partial charge in [-0.2, -0.15) is 5.10 Å². The summed E-state index contributed by atoms with van der Waals surface area (Å²) in [5, 5.41) is 7.18. The summed E-state index contributed by atoms with van der Waals surface area (Å²) in [5.41, 5.74) is 3.39. The number of para-hydroxylation sites is 1. The molecule has 0 fully saturated rings. The van der Waals surface area contributed by atoms with Crippen LogP contribution in [0.2, 0.25) is 0 Å². The highest BCUT2D eigenvalue weighted by atomic mass is 16.1. The van der Waals surface area contributed by atoms with Gasteiger partial charge in [0.15, 0.2) is 0 Å². The molecule has 2 aromatic carbocycles. The predicted molar refractivity (Wildman–Crippen MR) is 106 cm³/mol. The van der Waals surface area contributed by atoms with Gasteiger partial charge < -0.3 is 5.32 Å². The number of benzene rings is 2. The lowest BCUT2D eigenvalue weighted by Gasteiger charge is -2.12. The lowest BCUT2D eigenvalue weighted by molar-refractivity contribution is 0.102. The van der Waals surface area contributed by atoms with Crippen LogP contribution in [0.4, 0.5) is 5.82 Å². The molecule has 0 aliphatic rings. The van der Waals surface area contributed by atoms with E-state index in [-0.39, 0.29) is 11.9 Å². The Bertz CT molecular complexity index is 1110. The molecule has 1 N–H and O–H groups in total. The molecule has 0 bridgehead atoms. The Morgan fingerprint density at radius 3 is 2.59 bits per heavy atom. The molecule has 1 amide bonds. The first kappa shape index (κ1) is 17.0. The molecule has 0 aliphatic heterocycles. The van der Waals surface area contributed by atoms with Crippen LogP contribution >= 0.6 is 0 Å². The van der Waals surface area contributed by atoms with Gasteiger partial charge in [0.1, 0.15) is 11.6 Å². The first-order valence-corrected chi connectivity index (χ1v) is 8.94. The van der Waals surface area contributed by atoms with Crippen LogP contribution in [-0.4, -0.2) is 25.2 Å². The van der Waals surface area contributed by atoms with Crippen LogP contribution in [0.25, 0.3) is 16.7 Å². The number of fused-ring (bicyclic) bond motifs is 1. The number of nitrogens with zero attached hydrogens (tertiary/aromatic N) is 4. The Kier molecular flexibility index (Phi) is 4.24. The predicted octanol–water partition coefficient (Wildman–Crippen LogP) is 4.36. The van der Waals surface area contributed by atoms with Crippen molar-refractivity contribution < 1.29 is 4.79 Å². The van der Waals surface area contributed by atoms with Gasteiger partial charge >= 0.3 is 0 Å². The quantitative estimate of drug-likeness (QED) is 0.589. The van der Waals surface area contributed by atoms with E-state index in [1.165, 1.54) is 0 Å². The summed E-state index contributed by atoms with van der Waals surface area (Å²) in [4.78, 5) is 17.3. The molecule has 0 saturated carbocycles. The van der Waals surface area contributed by atoms with Crippen molar-refractivity contribution in [2.24, 2.45) is 0 Å². The monoisotopic (exact) mass is 359 g/mol. The molecule has 136 valence electrons. The number of hydrogen-bond acceptors (Lipinski definition) is 3. The fraction of sp³-hybridized carbons (Fsp3) is 0.190. The molecule has 4 aromatic rings. The Labute approximate surface area is 157 Å². The summed E-state index contributed by atoms with van der Waals surface area (Å²) in [6.07, 6.45) is 1.68. The smallest absolute Gasteiger partial charge is 0.256 e. The normalized spacial score (nSPS) is 11.3. The summed E-state index contributed by atoms with van der Waals surface area (Å²) >= 11 is 0. The van der Waals surface area contributed by atoms with Crippen LogP contribution < -0.4 is 5.32 Å². The number of carbonyl (C=O) groups is 1. The lowest BCUT2D eigenvalue weighted by atomic mass is 10.2. The summed E-state index contributed by atoms with van der Waals surface area (Å²) in [5.74, 6) is 1.39. The lowest BCUT2D eigenvalue weighted by Crippen LogP contribution is -2.16. The molecule has 0 aliphatic carbocycles. The largest absolute Gasteiger partial charge is 0.307 e. The Balaban J connectivity index is 1.68. The van der Waals surface area contributed by atoms with E-state index in [9.17, 15) is 4.79 Å². The van der Waals surface area contributed by atoms with Crippen LogP contribution in [0.15, 0.2) is 60.8 Å². The van der Waals surface area contributed by atoms with Crippen molar-refractivity contribution in [3.8, 4) is 5.69 Å². The van der Waals surface area contributed by atoms with Gasteiger partial charge in [-0.15, -0.1) is 0 Å². The molecule has 2 heterocycles. The maximum atomic E-state index is 12.7. The van der Waals surface area contributed by atoms with Crippen molar-refractivity contribution in [3.05, 3.63) is 72.2 Å². The Hall–Kier alpha value is -3.41. The molecular weight excluding hydrogens is 338 g/mol. The molecule has 27 heavy (non-hydrogen) atoms. The number of aromatic nitrogens is 4. The maximum Gasteiger partial charge on any atom is 0.256 e. The molecule has 0 spiro atoms. The van der Waals surface area contributed by atoms with Crippen LogP contribution in [0.1, 0.15) is 36.1 Å². The van der Waals surface area contributed by atoms with E-state index in [4.69, 9.17) is 0 Å². The van der Waals surface area contributed by atoms with Crippen LogP contribution in [0.5, 0.6) is 0 Å². The minimum Gasteiger partial charge on any atom is -0.307 e. The van der Waals surface area contributed by atoms with E-state index in [2.05, 4.69) is 20.0 Å². The fourth-order valence-corrected chi connectivity index (χ4v) is 3.26. The Morgan fingerprint density at radius 1 is 1.07 bits per heavy atom. The van der Waals surface area contributed by atoms with Crippen molar-refractivity contribution in [2.75, 3.05) is 5.32 Å². The van der Waals surface area contributed by atoms with Gasteiger partial charge in [-0.1, -0.05) is 18.2 Å². The number of nitrogens with one attached hydrogen (secondary N) is 1. The molecule has 0 atom stereocenters. The average molecular weight is 359 g/mol. The highest BCUT2D eigenvalue weighted by Crippen LogP contribution is 2.23. The van der Waals surface area contributed by atoms with Crippen LogP contribution in [0, 0.1) is 6.92 Å². The van der Waals surface area contributed by atoms with Crippen LogP contribution in [0.3, 0.4) is 0 Å². The second-order valence-electron chi connectivity index (χ2n) is 6.74. The van der Waals surface area contributed by atoms with Gasteiger partial charge in [0, 0.05) is 23.4 Å². The number of hydrogen-bond donors (Lipinski definition) is 1. The zero-order chi connectivity index (χ0) is 19.0. The third kappa shape index (κ3) is 3.10. The standard InChI is InChI=1S/C21H21N5O/c1-14(2)26-20(11-12-22-26)24-21(27)16-9-10-19-18(13-16)23-15(3)25(19)17-7-5-4-6-8-17/h4-14H,1-3H3,(H,24,27). The van der Waals surface area contributed by atoms with Gasteiger partial charge in [-0.25, -0.2) is 9.67 Å². The topological polar surface area (TPSA) is 64.7 Å². The van der Waals surface area contributed by atoms with E-state index in [1.807, 2.05) is 69.3 Å². The Morgan fingerprint density at radius 2 is 1.85 bits per heavy atom. The zero-order valence-electron chi connectivity index (χ0n) is 15.5. The van der Waals surface area contributed by atoms with Crippen molar-refractivity contribution in [1.82, 2.24) is 19.3 Å². The fourth-order valence-electron chi connectivity index (χ4n) is 3.26. The first-order chi connectivity index (χ1) is 13.0. The van der Waals surface area contributed by atoms with Gasteiger partial charge in [0.25, 0.3) is 5.91 Å². The molecule has 4 rings (SSSR count). The zero-order valence-corrected chi connectivity index (χ0v) is 15.5. The highest BCUT2D eigenvalue weighted by molar-refractivity contribution is 6.05. The number of aryl methyl sites for hydroxylation is 1. The van der Waals surface area contributed by atoms with Gasteiger partial charge in [-0.05, 0) is 51.1 Å². The van der Waals surface area contributed by atoms with Gasteiger partial charge in [0.05, 0.1) is 17.2 Å². The average Bonchev–Trinajstić information content (AvgIpc) is 3.25. The SMILES string of the molecule is Cc1nc2cc(C(=O)Nc3ccnn3C(C)C)ccc2n1-c1ccccc1. The number of anilines is 1. The van der Waals surface area contributed by atoms with Gasteiger partial charge in [0.2, 0.25) is 0 Å². The van der Waals surface area contributed by atoms with E-state index >= 15 is 0 Å². The number of rotatable bonds is 4. The minimum atomic E-state index is -0.175. The van der Waals surface area contributed by atoms with Crippen molar-refractivity contribution in [3.63, 3.8) is 0 Å². The van der Waals surface area contributed by atoms with E-state index in [0.717, 1.165) is 22.5 Å². The summed E-state index contributed by atoms with van der Waals surface area (Å²) in [6.45, 7) is 6.01. The third-order valence-corrected chi connectivity index (χ3v) is 4.50. The summed E-state index contributed by atoms with van der Waals surface area (Å²) < 4.78 is 3.87. The number of imidazole rings is 1. The minimum absolute atomic E-state index is 0.169. The molecule has 6 nitrogen and oxygen atoms in total. The molecule has 2 aromatic heterocycles. The van der Waals surface area contributed by atoms with Crippen molar-refractivity contribution in [1.29, 1.82) is 0 Å². The second-order valence-corrected chi connectivity index (χ2v) is 6.74. The molecule has 6 heteroatoms. The third-order valence-electron chi connectivity index (χ3n) is 4.50. The second kappa shape index (κ2) is 6.72. The number of carbonyl (C=O) groups excluding carboxylic acids is 1. The summed E-state index contributed by atoms with van der Waals surface area (Å²) in [6, 6.07) is 17.6. The van der Waals surface area contributed by atoms with Crippen LogP contribution in [-0.2, 0) is 0 Å². The first-order valence-electron chi connectivity index (χ1n) is 8.94. The molecule has 0 saturated heterocycles. The molecular formula is C21H21N5O. The van der Waals surface area contributed by atoms with E-state index in [1.54, 1.807) is 16.9 Å². The maximum absolute atomic E-state index is 12.7. The van der Waals surface area contributed by atoms with Crippen molar-refractivity contribution in [2.45, 2.75) is 26.8 Å². The van der Waals surface area contributed by atoms with E-state index < -0.39 is 0 Å². The summed E-state index contributed by atoms with van der Waals surface area (Å²) in [7, 11) is 0.